The van der Waals surface area contributed by atoms with Crippen LogP contribution in [0.2, 0.25) is 0 Å². The van der Waals surface area contributed by atoms with Crippen LogP contribution in [-0.2, 0) is 4.79 Å². The Balaban J connectivity index is 2.17. The molecule has 0 aliphatic rings. The fraction of sp³-hybridized carbons (Fsp3) is 0.364. The number of carbonyl (C=O) groups excluding carboxylic acids is 2. The van der Waals surface area contributed by atoms with Crippen LogP contribution in [0.1, 0.15) is 48.7 Å². The summed E-state index contributed by atoms with van der Waals surface area (Å²) in [6.45, 7) is 4.34. The van der Waals surface area contributed by atoms with E-state index in [1.165, 1.54) is 0 Å². The zero-order valence-electron chi connectivity index (χ0n) is 16.7. The van der Waals surface area contributed by atoms with E-state index < -0.39 is 11.6 Å². The Kier molecular flexibility index (Phi) is 7.58. The number of rotatable bonds is 9. The normalized spacial score (nSPS) is 12.1. The summed E-state index contributed by atoms with van der Waals surface area (Å²) in [5.41, 5.74) is 6.98. The lowest BCUT2D eigenvalue weighted by atomic mass is 9.94. The van der Waals surface area contributed by atoms with Crippen molar-refractivity contribution >= 4 is 11.8 Å². The summed E-state index contributed by atoms with van der Waals surface area (Å²) in [4.78, 5) is 25.6. The summed E-state index contributed by atoms with van der Waals surface area (Å²) in [5.74, 6) is 0.0359. The van der Waals surface area contributed by atoms with Crippen LogP contribution in [0.25, 0.3) is 0 Å². The third-order valence-corrected chi connectivity index (χ3v) is 5.05. The SMILES string of the molecule is CCC(N)(CC)CNC(=O)C(NC(=O)c1ccc(OC)cc1)c1ccccc1. The smallest absolute Gasteiger partial charge is 0.252 e. The first-order chi connectivity index (χ1) is 13.4. The summed E-state index contributed by atoms with van der Waals surface area (Å²) in [5, 5.41) is 5.73. The van der Waals surface area contributed by atoms with Gasteiger partial charge in [-0.05, 0) is 42.7 Å². The van der Waals surface area contributed by atoms with Gasteiger partial charge in [0.15, 0.2) is 0 Å². The van der Waals surface area contributed by atoms with E-state index in [4.69, 9.17) is 10.5 Å². The van der Waals surface area contributed by atoms with E-state index in [9.17, 15) is 9.59 Å². The van der Waals surface area contributed by atoms with Crippen molar-refractivity contribution in [2.45, 2.75) is 38.3 Å². The van der Waals surface area contributed by atoms with Crippen molar-refractivity contribution < 1.29 is 14.3 Å². The van der Waals surface area contributed by atoms with E-state index in [0.29, 0.717) is 23.4 Å². The van der Waals surface area contributed by atoms with Gasteiger partial charge in [-0.2, -0.15) is 0 Å². The maximum atomic E-state index is 12.9. The number of nitrogens with two attached hydrogens (primary N) is 1. The monoisotopic (exact) mass is 383 g/mol. The maximum Gasteiger partial charge on any atom is 0.252 e. The number of carbonyl (C=O) groups is 2. The number of amides is 2. The lowest BCUT2D eigenvalue weighted by molar-refractivity contribution is -0.123. The lowest BCUT2D eigenvalue weighted by Gasteiger charge is -2.28. The van der Waals surface area contributed by atoms with Crippen LogP contribution in [0.4, 0.5) is 0 Å². The first-order valence-electron chi connectivity index (χ1n) is 9.49. The molecule has 1 unspecified atom stereocenters. The maximum absolute atomic E-state index is 12.9. The second kappa shape index (κ2) is 9.90. The van der Waals surface area contributed by atoms with Crippen molar-refractivity contribution in [2.75, 3.05) is 13.7 Å². The van der Waals surface area contributed by atoms with E-state index in [1.54, 1.807) is 31.4 Å². The van der Waals surface area contributed by atoms with Crippen LogP contribution < -0.4 is 21.1 Å². The molecule has 1 atom stereocenters. The predicted molar refractivity (Wildman–Crippen MR) is 110 cm³/mol. The van der Waals surface area contributed by atoms with Gasteiger partial charge in [-0.1, -0.05) is 44.2 Å². The summed E-state index contributed by atoms with van der Waals surface area (Å²) < 4.78 is 5.11. The first kappa shape index (κ1) is 21.4. The Morgan fingerprint density at radius 3 is 2.18 bits per heavy atom. The molecule has 2 aromatic carbocycles. The standard InChI is InChI=1S/C22H29N3O3/c1-4-22(23,5-2)15-24-21(27)19(16-9-7-6-8-10-16)25-20(26)17-11-13-18(28-3)14-12-17/h6-14,19H,4-5,15,23H2,1-3H3,(H,24,27)(H,25,26). The molecule has 0 aliphatic carbocycles. The molecule has 2 rings (SSSR count). The van der Waals surface area contributed by atoms with Gasteiger partial charge in [0.1, 0.15) is 11.8 Å². The van der Waals surface area contributed by atoms with Crippen molar-refractivity contribution in [2.24, 2.45) is 5.73 Å². The van der Waals surface area contributed by atoms with Crippen molar-refractivity contribution in [1.82, 2.24) is 10.6 Å². The van der Waals surface area contributed by atoms with Crippen LogP contribution in [0.5, 0.6) is 5.75 Å². The zero-order chi connectivity index (χ0) is 20.6. The average molecular weight is 383 g/mol. The zero-order valence-corrected chi connectivity index (χ0v) is 16.7. The van der Waals surface area contributed by atoms with Crippen molar-refractivity contribution in [3.8, 4) is 5.75 Å². The van der Waals surface area contributed by atoms with Crippen LogP contribution in [0, 0.1) is 0 Å². The highest BCUT2D eigenvalue weighted by molar-refractivity contribution is 5.98. The van der Waals surface area contributed by atoms with Gasteiger partial charge in [0.25, 0.3) is 5.91 Å². The summed E-state index contributed by atoms with van der Waals surface area (Å²) in [6.07, 6.45) is 1.50. The van der Waals surface area contributed by atoms with Crippen LogP contribution in [0.3, 0.4) is 0 Å². The molecule has 0 aromatic heterocycles. The molecule has 0 saturated heterocycles. The number of hydrogen-bond acceptors (Lipinski definition) is 4. The highest BCUT2D eigenvalue weighted by atomic mass is 16.5. The van der Waals surface area contributed by atoms with Crippen LogP contribution >= 0.6 is 0 Å². The first-order valence-corrected chi connectivity index (χ1v) is 9.49. The van der Waals surface area contributed by atoms with Gasteiger partial charge in [-0.25, -0.2) is 0 Å². The molecule has 0 fully saturated rings. The van der Waals surface area contributed by atoms with Crippen LogP contribution in [-0.4, -0.2) is 31.0 Å². The highest BCUT2D eigenvalue weighted by Gasteiger charge is 2.26. The largest absolute Gasteiger partial charge is 0.497 e. The van der Waals surface area contributed by atoms with E-state index in [-0.39, 0.29) is 11.8 Å². The van der Waals surface area contributed by atoms with Gasteiger partial charge < -0.3 is 21.1 Å². The molecule has 0 saturated carbocycles. The van der Waals surface area contributed by atoms with Gasteiger partial charge in [-0.15, -0.1) is 0 Å². The van der Waals surface area contributed by atoms with Gasteiger partial charge in [0.05, 0.1) is 7.11 Å². The second-order valence-electron chi connectivity index (χ2n) is 6.83. The minimum atomic E-state index is -0.811. The summed E-state index contributed by atoms with van der Waals surface area (Å²) >= 11 is 0. The van der Waals surface area contributed by atoms with E-state index >= 15 is 0 Å². The van der Waals surface area contributed by atoms with Crippen LogP contribution in [0.15, 0.2) is 54.6 Å². The molecule has 0 radical (unpaired) electrons. The molecule has 2 amide bonds. The number of ether oxygens (including phenoxy) is 1. The minimum Gasteiger partial charge on any atom is -0.497 e. The Morgan fingerprint density at radius 2 is 1.64 bits per heavy atom. The average Bonchev–Trinajstić information content (AvgIpc) is 2.76. The molecular formula is C22H29N3O3. The Bertz CT molecular complexity index is 771. The molecule has 4 N–H and O–H groups in total. The topological polar surface area (TPSA) is 93.5 Å². The minimum absolute atomic E-state index is 0.287. The molecular weight excluding hydrogens is 354 g/mol. The van der Waals surface area contributed by atoms with Crippen molar-refractivity contribution in [3.63, 3.8) is 0 Å². The fourth-order valence-electron chi connectivity index (χ4n) is 2.77. The summed E-state index contributed by atoms with van der Waals surface area (Å²) in [7, 11) is 1.56. The molecule has 0 heterocycles. The Hall–Kier alpha value is -2.86. The summed E-state index contributed by atoms with van der Waals surface area (Å²) in [6, 6.07) is 15.1. The number of methoxy groups -OCH3 is 1. The molecule has 2 aromatic rings. The van der Waals surface area contributed by atoms with Gasteiger partial charge in [-0.3, -0.25) is 9.59 Å². The third-order valence-electron chi connectivity index (χ3n) is 5.05. The lowest BCUT2D eigenvalue weighted by Crippen LogP contribution is -2.51. The molecule has 150 valence electrons. The molecule has 0 bridgehead atoms. The number of hydrogen-bond donors (Lipinski definition) is 3. The second-order valence-corrected chi connectivity index (χ2v) is 6.83. The van der Waals surface area contributed by atoms with E-state index in [2.05, 4.69) is 10.6 Å². The molecule has 0 aliphatic heterocycles. The predicted octanol–water partition coefficient (Wildman–Crippen LogP) is 2.80. The van der Waals surface area contributed by atoms with Crippen molar-refractivity contribution in [3.05, 3.63) is 65.7 Å². The molecule has 0 spiro atoms. The van der Waals surface area contributed by atoms with Gasteiger partial charge >= 0.3 is 0 Å². The fourth-order valence-corrected chi connectivity index (χ4v) is 2.77. The van der Waals surface area contributed by atoms with Crippen molar-refractivity contribution in [1.29, 1.82) is 0 Å². The van der Waals surface area contributed by atoms with E-state index in [0.717, 1.165) is 12.8 Å². The van der Waals surface area contributed by atoms with Gasteiger partial charge in [0, 0.05) is 17.6 Å². The highest BCUT2D eigenvalue weighted by Crippen LogP contribution is 2.17. The number of benzene rings is 2. The number of nitrogens with one attached hydrogen (secondary N) is 2. The van der Waals surface area contributed by atoms with E-state index in [1.807, 2.05) is 44.2 Å². The molecule has 28 heavy (non-hydrogen) atoms. The molecule has 6 nitrogen and oxygen atoms in total. The Morgan fingerprint density at radius 1 is 1.04 bits per heavy atom. The van der Waals surface area contributed by atoms with Gasteiger partial charge in [0.2, 0.25) is 5.91 Å². The Labute approximate surface area is 166 Å². The quantitative estimate of drug-likeness (QED) is 0.621. The molecule has 6 heteroatoms. The third kappa shape index (κ3) is 5.57.